The maximum absolute atomic E-state index is 9.54. The zero-order valence-electron chi connectivity index (χ0n) is 15.7. The Morgan fingerprint density at radius 1 is 1.07 bits per heavy atom. The van der Waals surface area contributed by atoms with E-state index in [9.17, 15) is 5.26 Å². The van der Waals surface area contributed by atoms with E-state index >= 15 is 0 Å². The van der Waals surface area contributed by atoms with E-state index in [1.54, 1.807) is 27.5 Å². The van der Waals surface area contributed by atoms with Gasteiger partial charge in [-0.05, 0) is 30.3 Å². The number of ether oxygens (including phenoxy) is 3. The van der Waals surface area contributed by atoms with Crippen molar-refractivity contribution in [3.05, 3.63) is 59.1 Å². The van der Waals surface area contributed by atoms with Crippen molar-refractivity contribution < 1.29 is 14.2 Å². The highest BCUT2D eigenvalue weighted by Gasteiger charge is 2.12. The number of methoxy groups -OCH3 is 3. The van der Waals surface area contributed by atoms with Gasteiger partial charge < -0.3 is 19.5 Å². The Kier molecular flexibility index (Phi) is 6.14. The van der Waals surface area contributed by atoms with Crippen LogP contribution in [0.4, 0.5) is 5.69 Å². The lowest BCUT2D eigenvalue weighted by atomic mass is 10.1. The number of aromatic nitrogens is 1. The third-order valence-corrected chi connectivity index (χ3v) is 4.86. The first kappa shape index (κ1) is 19.3. The van der Waals surface area contributed by atoms with Crippen molar-refractivity contribution in [2.45, 2.75) is 0 Å². The topological polar surface area (TPSA) is 76.4 Å². The third-order valence-electron chi connectivity index (χ3n) is 3.99. The van der Waals surface area contributed by atoms with Gasteiger partial charge in [0.2, 0.25) is 0 Å². The molecule has 0 aliphatic heterocycles. The van der Waals surface area contributed by atoms with Crippen molar-refractivity contribution in [1.29, 1.82) is 5.26 Å². The molecule has 0 unspecified atom stereocenters. The highest BCUT2D eigenvalue weighted by atomic mass is 32.1. The first-order valence-corrected chi connectivity index (χ1v) is 9.25. The second-order valence-corrected chi connectivity index (χ2v) is 6.51. The van der Waals surface area contributed by atoms with E-state index in [2.05, 4.69) is 16.4 Å². The van der Waals surface area contributed by atoms with Gasteiger partial charge in [0.1, 0.15) is 22.4 Å². The van der Waals surface area contributed by atoms with Gasteiger partial charge in [0.15, 0.2) is 11.5 Å². The molecule has 0 amide bonds. The summed E-state index contributed by atoms with van der Waals surface area (Å²) in [5, 5.41) is 15.2. The first-order valence-electron chi connectivity index (χ1n) is 8.37. The summed E-state index contributed by atoms with van der Waals surface area (Å²) in [7, 11) is 4.80. The van der Waals surface area contributed by atoms with Gasteiger partial charge in [-0.15, -0.1) is 11.3 Å². The zero-order valence-corrected chi connectivity index (χ0v) is 16.5. The molecule has 1 aromatic heterocycles. The van der Waals surface area contributed by atoms with Crippen molar-refractivity contribution >= 4 is 22.6 Å². The van der Waals surface area contributed by atoms with Gasteiger partial charge in [-0.25, -0.2) is 4.98 Å². The van der Waals surface area contributed by atoms with Crippen LogP contribution in [-0.4, -0.2) is 26.3 Å². The van der Waals surface area contributed by atoms with Crippen molar-refractivity contribution in [2.75, 3.05) is 26.6 Å². The molecule has 0 aliphatic rings. The maximum Gasteiger partial charge on any atom is 0.161 e. The molecule has 1 N–H and O–H groups in total. The van der Waals surface area contributed by atoms with E-state index in [0.717, 1.165) is 22.7 Å². The van der Waals surface area contributed by atoms with Gasteiger partial charge in [-0.3, -0.25) is 0 Å². The Morgan fingerprint density at radius 2 is 1.89 bits per heavy atom. The van der Waals surface area contributed by atoms with Crippen LogP contribution < -0.4 is 19.5 Å². The molecule has 1 heterocycles. The quantitative estimate of drug-likeness (QED) is 0.581. The molecular weight excluding hydrogens is 374 g/mol. The average molecular weight is 393 g/mol. The molecule has 28 heavy (non-hydrogen) atoms. The normalized spacial score (nSPS) is 10.9. The number of rotatable bonds is 7. The lowest BCUT2D eigenvalue weighted by Crippen LogP contribution is -1.92. The summed E-state index contributed by atoms with van der Waals surface area (Å²) in [5.41, 5.74) is 2.92. The van der Waals surface area contributed by atoms with Crippen LogP contribution >= 0.6 is 11.3 Å². The minimum absolute atomic E-state index is 0.444. The number of anilines is 1. The summed E-state index contributed by atoms with van der Waals surface area (Å²) in [4.78, 5) is 4.60. The van der Waals surface area contributed by atoms with E-state index in [-0.39, 0.29) is 0 Å². The summed E-state index contributed by atoms with van der Waals surface area (Å²) in [6, 6.07) is 15.3. The fourth-order valence-corrected chi connectivity index (χ4v) is 3.33. The SMILES string of the molecule is COc1cccc(N/C=C(/C#N)c2nc(-c3ccc(OC)c(OC)c3)cs2)c1. The van der Waals surface area contributed by atoms with Crippen LogP contribution in [0.15, 0.2) is 54.0 Å². The van der Waals surface area contributed by atoms with Crippen LogP contribution in [0.3, 0.4) is 0 Å². The largest absolute Gasteiger partial charge is 0.497 e. The average Bonchev–Trinajstić information content (AvgIpc) is 3.24. The predicted molar refractivity (Wildman–Crippen MR) is 111 cm³/mol. The molecule has 0 saturated heterocycles. The van der Waals surface area contributed by atoms with Crippen molar-refractivity contribution in [3.8, 4) is 34.6 Å². The Morgan fingerprint density at radius 3 is 2.61 bits per heavy atom. The van der Waals surface area contributed by atoms with Gasteiger partial charge in [-0.2, -0.15) is 5.26 Å². The summed E-state index contributed by atoms with van der Waals surface area (Å²) in [6.45, 7) is 0. The van der Waals surface area contributed by atoms with E-state index in [0.29, 0.717) is 22.1 Å². The molecule has 0 aliphatic carbocycles. The number of benzene rings is 2. The van der Waals surface area contributed by atoms with Crippen LogP contribution in [-0.2, 0) is 0 Å². The van der Waals surface area contributed by atoms with E-state index in [1.807, 2.05) is 47.8 Å². The number of nitriles is 1. The predicted octanol–water partition coefficient (Wildman–Crippen LogP) is 4.81. The van der Waals surface area contributed by atoms with Crippen LogP contribution in [0.5, 0.6) is 17.2 Å². The lowest BCUT2D eigenvalue weighted by Gasteiger charge is -2.08. The monoisotopic (exact) mass is 393 g/mol. The van der Waals surface area contributed by atoms with Crippen LogP contribution in [0.1, 0.15) is 5.01 Å². The number of hydrogen-bond donors (Lipinski definition) is 1. The Hall–Kier alpha value is -3.50. The molecule has 2 aromatic carbocycles. The van der Waals surface area contributed by atoms with Crippen molar-refractivity contribution in [1.82, 2.24) is 4.98 Å². The molecule has 0 bridgehead atoms. The van der Waals surface area contributed by atoms with Gasteiger partial charge >= 0.3 is 0 Å². The Balaban J connectivity index is 1.84. The molecule has 0 atom stereocenters. The molecular formula is C21H19N3O3S. The number of hydrogen-bond acceptors (Lipinski definition) is 7. The second-order valence-electron chi connectivity index (χ2n) is 5.65. The molecule has 0 saturated carbocycles. The Bertz CT molecular complexity index is 1040. The minimum atomic E-state index is 0.444. The third kappa shape index (κ3) is 4.24. The molecule has 6 nitrogen and oxygen atoms in total. The summed E-state index contributed by atoms with van der Waals surface area (Å²) < 4.78 is 15.8. The molecule has 7 heteroatoms. The standard InChI is InChI=1S/C21H19N3O3S/c1-25-17-6-4-5-16(10-17)23-12-15(11-22)21-24-18(13-28-21)14-7-8-19(26-2)20(9-14)27-3/h4-10,12-13,23H,1-3H3/b15-12-. The fraction of sp³-hybridized carbons (Fsp3) is 0.143. The molecule has 3 aromatic rings. The zero-order chi connectivity index (χ0) is 19.9. The van der Waals surface area contributed by atoms with Gasteiger partial charge in [0.25, 0.3) is 0 Å². The molecule has 142 valence electrons. The van der Waals surface area contributed by atoms with Crippen LogP contribution in [0, 0.1) is 11.3 Å². The van der Waals surface area contributed by atoms with Crippen molar-refractivity contribution in [3.63, 3.8) is 0 Å². The van der Waals surface area contributed by atoms with Crippen molar-refractivity contribution in [2.24, 2.45) is 0 Å². The Labute approximate surface area is 167 Å². The molecule has 0 spiro atoms. The van der Waals surface area contributed by atoms with Crippen LogP contribution in [0.2, 0.25) is 0 Å². The smallest absolute Gasteiger partial charge is 0.161 e. The number of allylic oxidation sites excluding steroid dienone is 1. The van der Waals surface area contributed by atoms with E-state index in [1.165, 1.54) is 11.3 Å². The maximum atomic E-state index is 9.54. The summed E-state index contributed by atoms with van der Waals surface area (Å²) >= 11 is 1.40. The van der Waals surface area contributed by atoms with Gasteiger partial charge in [0.05, 0.1) is 27.0 Å². The lowest BCUT2D eigenvalue weighted by molar-refractivity contribution is 0.355. The summed E-state index contributed by atoms with van der Waals surface area (Å²) in [6.07, 6.45) is 1.64. The molecule has 0 fully saturated rings. The highest BCUT2D eigenvalue weighted by Crippen LogP contribution is 2.33. The first-order chi connectivity index (χ1) is 13.7. The second kappa shape index (κ2) is 8.93. The number of nitrogens with one attached hydrogen (secondary N) is 1. The van der Waals surface area contributed by atoms with E-state index in [4.69, 9.17) is 14.2 Å². The fourth-order valence-electron chi connectivity index (χ4n) is 2.54. The number of thiazole rings is 1. The molecule has 0 radical (unpaired) electrons. The van der Waals surface area contributed by atoms with Gasteiger partial charge in [-0.1, -0.05) is 6.07 Å². The van der Waals surface area contributed by atoms with Crippen LogP contribution in [0.25, 0.3) is 16.8 Å². The van der Waals surface area contributed by atoms with Gasteiger partial charge in [0, 0.05) is 28.9 Å². The summed E-state index contributed by atoms with van der Waals surface area (Å²) in [5.74, 6) is 2.02. The van der Waals surface area contributed by atoms with E-state index < -0.39 is 0 Å². The number of nitrogens with zero attached hydrogens (tertiary/aromatic N) is 2. The highest BCUT2D eigenvalue weighted by molar-refractivity contribution is 7.11. The minimum Gasteiger partial charge on any atom is -0.497 e. The molecule has 3 rings (SSSR count).